The Morgan fingerprint density at radius 3 is 2.23 bits per heavy atom. The molecule has 2 rings (SSSR count). The van der Waals surface area contributed by atoms with Crippen LogP contribution in [0.1, 0.15) is 15.9 Å². The van der Waals surface area contributed by atoms with Crippen LogP contribution in [0.3, 0.4) is 0 Å². The Morgan fingerprint density at radius 1 is 1.08 bits per heavy atom. The molecule has 0 atom stereocenters. The maximum atomic E-state index is 12.4. The molecule has 0 unspecified atom stereocenters. The van der Waals surface area contributed by atoms with Gasteiger partial charge in [-0.3, -0.25) is 9.52 Å². The van der Waals surface area contributed by atoms with E-state index in [4.69, 9.17) is 0 Å². The summed E-state index contributed by atoms with van der Waals surface area (Å²) in [6.07, 6.45) is -4.87. The SMILES string of the molecule is CNC(=O)c1cccc(NS(=O)(=O)c2ccc(OC(F)(F)F)cc2)c1C. The molecule has 0 spiro atoms. The molecule has 2 aromatic carbocycles. The number of carbonyl (C=O) groups excluding carboxylic acids is 1. The first kappa shape index (κ1) is 19.6. The van der Waals surface area contributed by atoms with Gasteiger partial charge in [0.1, 0.15) is 5.75 Å². The molecule has 0 fully saturated rings. The quantitative estimate of drug-likeness (QED) is 0.825. The van der Waals surface area contributed by atoms with E-state index in [0.717, 1.165) is 24.3 Å². The number of nitrogens with one attached hydrogen (secondary N) is 2. The number of anilines is 1. The van der Waals surface area contributed by atoms with Gasteiger partial charge in [0.25, 0.3) is 15.9 Å². The standard InChI is InChI=1S/C16H15F3N2O4S/c1-10-13(15(22)20-2)4-3-5-14(10)21-26(23,24)12-8-6-11(7-9-12)25-16(17,18)19/h3-9,21H,1-2H3,(H,20,22). The van der Waals surface area contributed by atoms with Gasteiger partial charge in [0.15, 0.2) is 0 Å². The number of alkyl halides is 3. The second-order valence-electron chi connectivity index (χ2n) is 5.18. The van der Waals surface area contributed by atoms with Gasteiger partial charge in [-0.15, -0.1) is 13.2 Å². The van der Waals surface area contributed by atoms with E-state index in [1.54, 1.807) is 6.92 Å². The number of sulfonamides is 1. The van der Waals surface area contributed by atoms with Crippen LogP contribution in [0.15, 0.2) is 47.4 Å². The molecule has 0 heterocycles. The highest BCUT2D eigenvalue weighted by molar-refractivity contribution is 7.92. The maximum Gasteiger partial charge on any atom is 0.573 e. The van der Waals surface area contributed by atoms with E-state index >= 15 is 0 Å². The molecular formula is C16H15F3N2O4S. The third-order valence-electron chi connectivity index (χ3n) is 3.42. The minimum absolute atomic E-state index is 0.182. The van der Waals surface area contributed by atoms with Crippen LogP contribution in [-0.2, 0) is 10.0 Å². The lowest BCUT2D eigenvalue weighted by molar-refractivity contribution is -0.274. The van der Waals surface area contributed by atoms with Crippen LogP contribution >= 0.6 is 0 Å². The number of amides is 1. The van der Waals surface area contributed by atoms with Gasteiger partial charge in [-0.2, -0.15) is 0 Å². The highest BCUT2D eigenvalue weighted by Gasteiger charge is 2.31. The zero-order valence-electron chi connectivity index (χ0n) is 13.7. The van der Waals surface area contributed by atoms with Crippen molar-refractivity contribution in [3.8, 4) is 5.75 Å². The number of halogens is 3. The summed E-state index contributed by atoms with van der Waals surface area (Å²) in [4.78, 5) is 11.5. The highest BCUT2D eigenvalue weighted by Crippen LogP contribution is 2.26. The van der Waals surface area contributed by atoms with Crippen LogP contribution in [0.4, 0.5) is 18.9 Å². The predicted molar refractivity (Wildman–Crippen MR) is 88.5 cm³/mol. The first-order valence-electron chi connectivity index (χ1n) is 7.24. The monoisotopic (exact) mass is 388 g/mol. The second-order valence-corrected chi connectivity index (χ2v) is 6.86. The van der Waals surface area contributed by atoms with Crippen molar-refractivity contribution >= 4 is 21.6 Å². The van der Waals surface area contributed by atoms with Gasteiger partial charge < -0.3 is 10.1 Å². The number of hydrogen-bond donors (Lipinski definition) is 2. The van der Waals surface area contributed by atoms with Crippen molar-refractivity contribution in [1.82, 2.24) is 5.32 Å². The second kappa shape index (κ2) is 7.24. The molecule has 1 amide bonds. The van der Waals surface area contributed by atoms with Crippen molar-refractivity contribution < 1.29 is 31.1 Å². The number of ether oxygens (including phenoxy) is 1. The fraction of sp³-hybridized carbons (Fsp3) is 0.188. The van der Waals surface area contributed by atoms with Crippen LogP contribution < -0.4 is 14.8 Å². The molecule has 2 N–H and O–H groups in total. The van der Waals surface area contributed by atoms with Crippen LogP contribution in [0.5, 0.6) is 5.75 Å². The van der Waals surface area contributed by atoms with Gasteiger partial charge in [0.2, 0.25) is 0 Å². The van der Waals surface area contributed by atoms with Crippen molar-refractivity contribution in [2.75, 3.05) is 11.8 Å². The summed E-state index contributed by atoms with van der Waals surface area (Å²) < 4.78 is 67.3. The van der Waals surface area contributed by atoms with E-state index in [9.17, 15) is 26.4 Å². The summed E-state index contributed by atoms with van der Waals surface area (Å²) >= 11 is 0. The molecule has 0 saturated carbocycles. The Balaban J connectivity index is 2.28. The Hall–Kier alpha value is -2.75. The van der Waals surface area contributed by atoms with E-state index in [0.29, 0.717) is 11.1 Å². The topological polar surface area (TPSA) is 84.5 Å². The molecule has 140 valence electrons. The lowest BCUT2D eigenvalue weighted by Crippen LogP contribution is -2.20. The highest BCUT2D eigenvalue weighted by atomic mass is 32.2. The van der Waals surface area contributed by atoms with Crippen molar-refractivity contribution in [3.05, 3.63) is 53.6 Å². The molecular weight excluding hydrogens is 373 g/mol. The van der Waals surface area contributed by atoms with E-state index in [1.165, 1.54) is 25.2 Å². The number of benzene rings is 2. The molecule has 0 saturated heterocycles. The van der Waals surface area contributed by atoms with Crippen LogP contribution in [0.25, 0.3) is 0 Å². The summed E-state index contributed by atoms with van der Waals surface area (Å²) in [5, 5.41) is 2.45. The van der Waals surface area contributed by atoms with Crippen LogP contribution in [0.2, 0.25) is 0 Å². The number of carbonyl (C=O) groups is 1. The molecule has 0 aliphatic heterocycles. The van der Waals surface area contributed by atoms with E-state index < -0.39 is 22.1 Å². The molecule has 0 aliphatic carbocycles. The first-order valence-corrected chi connectivity index (χ1v) is 8.72. The first-order chi connectivity index (χ1) is 12.0. The zero-order chi connectivity index (χ0) is 19.5. The van der Waals surface area contributed by atoms with Crippen molar-refractivity contribution in [2.45, 2.75) is 18.2 Å². The van der Waals surface area contributed by atoms with E-state index in [-0.39, 0.29) is 16.5 Å². The summed E-state index contributed by atoms with van der Waals surface area (Å²) in [5.74, 6) is -0.911. The third-order valence-corrected chi connectivity index (χ3v) is 4.80. The van der Waals surface area contributed by atoms with Gasteiger partial charge in [0.05, 0.1) is 10.6 Å². The molecule has 10 heteroatoms. The van der Waals surface area contributed by atoms with Crippen molar-refractivity contribution in [1.29, 1.82) is 0 Å². The minimum Gasteiger partial charge on any atom is -0.406 e. The Morgan fingerprint density at radius 2 is 1.69 bits per heavy atom. The van der Waals surface area contributed by atoms with E-state index in [2.05, 4.69) is 14.8 Å². The average molecular weight is 388 g/mol. The summed E-state index contributed by atoms with van der Waals surface area (Å²) in [6.45, 7) is 1.57. The lowest BCUT2D eigenvalue weighted by Gasteiger charge is -2.14. The molecule has 0 bridgehead atoms. The predicted octanol–water partition coefficient (Wildman–Crippen LogP) is 3.05. The largest absolute Gasteiger partial charge is 0.573 e. The fourth-order valence-electron chi connectivity index (χ4n) is 2.15. The Labute approximate surface area is 148 Å². The average Bonchev–Trinajstić information content (AvgIpc) is 2.55. The summed E-state index contributed by atoms with van der Waals surface area (Å²) in [5.41, 5.74) is 0.885. The smallest absolute Gasteiger partial charge is 0.406 e. The molecule has 6 nitrogen and oxygen atoms in total. The number of hydrogen-bond acceptors (Lipinski definition) is 4. The van der Waals surface area contributed by atoms with Gasteiger partial charge in [-0.1, -0.05) is 6.07 Å². The summed E-state index contributed by atoms with van der Waals surface area (Å²) in [7, 11) is -2.62. The normalized spacial score (nSPS) is 11.7. The fourth-order valence-corrected chi connectivity index (χ4v) is 3.27. The van der Waals surface area contributed by atoms with Gasteiger partial charge in [-0.25, -0.2) is 8.42 Å². The Bertz CT molecular complexity index is 910. The number of rotatable bonds is 5. The Kier molecular flexibility index (Phi) is 5.45. The molecule has 0 aliphatic rings. The molecule has 0 radical (unpaired) electrons. The van der Waals surface area contributed by atoms with E-state index in [1.807, 2.05) is 0 Å². The van der Waals surface area contributed by atoms with Crippen molar-refractivity contribution in [2.24, 2.45) is 0 Å². The van der Waals surface area contributed by atoms with Crippen molar-refractivity contribution in [3.63, 3.8) is 0 Å². The minimum atomic E-state index is -4.87. The summed E-state index contributed by atoms with van der Waals surface area (Å²) in [6, 6.07) is 8.29. The van der Waals surface area contributed by atoms with Gasteiger partial charge in [-0.05, 0) is 48.9 Å². The van der Waals surface area contributed by atoms with Gasteiger partial charge in [0, 0.05) is 12.6 Å². The molecule has 2 aromatic rings. The maximum absolute atomic E-state index is 12.4. The molecule has 0 aromatic heterocycles. The molecule has 26 heavy (non-hydrogen) atoms. The third kappa shape index (κ3) is 4.66. The lowest BCUT2D eigenvalue weighted by atomic mass is 10.1. The van der Waals surface area contributed by atoms with Crippen LogP contribution in [-0.4, -0.2) is 27.7 Å². The zero-order valence-corrected chi connectivity index (χ0v) is 14.5. The van der Waals surface area contributed by atoms with Crippen LogP contribution in [0, 0.1) is 6.92 Å². The van der Waals surface area contributed by atoms with Gasteiger partial charge >= 0.3 is 6.36 Å².